The number of piperazine rings is 1. The lowest BCUT2D eigenvalue weighted by Gasteiger charge is -2.35. The van der Waals surface area contributed by atoms with Crippen molar-refractivity contribution in [3.8, 4) is 0 Å². The van der Waals surface area contributed by atoms with Gasteiger partial charge in [-0.3, -0.25) is 19.8 Å². The highest BCUT2D eigenvalue weighted by molar-refractivity contribution is 5.74. The quantitative estimate of drug-likeness (QED) is 0.320. The first-order chi connectivity index (χ1) is 17.1. The van der Waals surface area contributed by atoms with Crippen molar-refractivity contribution in [2.45, 2.75) is 19.8 Å². The Balaban J connectivity index is 1.39. The number of anilines is 2. The van der Waals surface area contributed by atoms with Crippen molar-refractivity contribution in [2.24, 2.45) is 5.92 Å². The van der Waals surface area contributed by atoms with Crippen LogP contribution >= 0.6 is 0 Å². The van der Waals surface area contributed by atoms with E-state index in [0.29, 0.717) is 57.3 Å². The molecule has 2 aromatic rings. The fourth-order valence-electron chi connectivity index (χ4n) is 4.62. The van der Waals surface area contributed by atoms with E-state index in [0.717, 1.165) is 19.6 Å². The number of benzene rings is 1. The van der Waals surface area contributed by atoms with Gasteiger partial charge in [0.1, 0.15) is 6.33 Å². The van der Waals surface area contributed by atoms with Crippen LogP contribution in [-0.4, -0.2) is 78.2 Å². The zero-order valence-corrected chi connectivity index (χ0v) is 20.1. The second kappa shape index (κ2) is 11.7. The summed E-state index contributed by atoms with van der Waals surface area (Å²) in [6, 6.07) is 10.2. The van der Waals surface area contributed by atoms with E-state index in [9.17, 15) is 14.9 Å². The SMILES string of the molecule is CCOC(=O)C1CCN(c2ncnc(N3CCN(C/C=C\c4ccccc4)CC3)c2[N+](=O)[O-])CC1. The molecule has 10 heteroatoms. The summed E-state index contributed by atoms with van der Waals surface area (Å²) in [4.78, 5) is 38.6. The van der Waals surface area contributed by atoms with Crippen LogP contribution in [0.2, 0.25) is 0 Å². The monoisotopic (exact) mass is 480 g/mol. The van der Waals surface area contributed by atoms with Crippen molar-refractivity contribution >= 4 is 29.4 Å². The third-order valence-corrected chi connectivity index (χ3v) is 6.53. The zero-order valence-electron chi connectivity index (χ0n) is 20.1. The first kappa shape index (κ1) is 24.6. The number of aromatic nitrogens is 2. The third-order valence-electron chi connectivity index (χ3n) is 6.53. The number of rotatable bonds is 8. The van der Waals surface area contributed by atoms with Crippen molar-refractivity contribution in [3.63, 3.8) is 0 Å². The van der Waals surface area contributed by atoms with E-state index in [4.69, 9.17) is 4.74 Å². The number of nitrogens with zero attached hydrogens (tertiary/aromatic N) is 6. The number of ether oxygens (including phenoxy) is 1. The fourth-order valence-corrected chi connectivity index (χ4v) is 4.62. The predicted molar refractivity (Wildman–Crippen MR) is 134 cm³/mol. The second-order valence-electron chi connectivity index (χ2n) is 8.74. The number of carbonyl (C=O) groups is 1. The molecule has 0 amide bonds. The summed E-state index contributed by atoms with van der Waals surface area (Å²) >= 11 is 0. The summed E-state index contributed by atoms with van der Waals surface area (Å²) in [6.45, 7) is 6.90. The molecule has 2 aliphatic rings. The van der Waals surface area contributed by atoms with Crippen molar-refractivity contribution in [1.82, 2.24) is 14.9 Å². The van der Waals surface area contributed by atoms with Crippen molar-refractivity contribution in [2.75, 3.05) is 62.2 Å². The van der Waals surface area contributed by atoms with Gasteiger partial charge in [0, 0.05) is 45.8 Å². The summed E-state index contributed by atoms with van der Waals surface area (Å²) in [5.41, 5.74) is 1.11. The minimum atomic E-state index is -0.378. The topological polar surface area (TPSA) is 105 Å². The number of hydrogen-bond donors (Lipinski definition) is 0. The molecule has 35 heavy (non-hydrogen) atoms. The minimum Gasteiger partial charge on any atom is -0.466 e. The molecule has 3 heterocycles. The Morgan fingerprint density at radius 2 is 1.69 bits per heavy atom. The van der Waals surface area contributed by atoms with E-state index < -0.39 is 0 Å². The molecule has 2 fully saturated rings. The van der Waals surface area contributed by atoms with Crippen LogP contribution < -0.4 is 9.80 Å². The highest BCUT2D eigenvalue weighted by Crippen LogP contribution is 2.36. The number of piperidine rings is 1. The van der Waals surface area contributed by atoms with Crippen LogP contribution in [-0.2, 0) is 9.53 Å². The van der Waals surface area contributed by atoms with E-state index >= 15 is 0 Å². The van der Waals surface area contributed by atoms with Gasteiger partial charge in [0.05, 0.1) is 17.4 Å². The molecule has 0 aliphatic carbocycles. The molecular weight excluding hydrogens is 448 g/mol. The highest BCUT2D eigenvalue weighted by Gasteiger charge is 2.34. The summed E-state index contributed by atoms with van der Waals surface area (Å²) in [5.74, 6) is 0.333. The predicted octanol–water partition coefficient (Wildman–Crippen LogP) is 3.00. The molecule has 0 unspecified atom stereocenters. The number of hydrogen-bond acceptors (Lipinski definition) is 9. The van der Waals surface area contributed by atoms with E-state index in [1.165, 1.54) is 11.9 Å². The van der Waals surface area contributed by atoms with Gasteiger partial charge < -0.3 is 14.5 Å². The summed E-state index contributed by atoms with van der Waals surface area (Å²) in [5, 5.41) is 12.1. The van der Waals surface area contributed by atoms with Gasteiger partial charge in [-0.2, -0.15) is 0 Å². The van der Waals surface area contributed by atoms with Gasteiger partial charge in [-0.1, -0.05) is 42.5 Å². The van der Waals surface area contributed by atoms with Gasteiger partial charge in [0.15, 0.2) is 0 Å². The molecular formula is C25H32N6O4. The van der Waals surface area contributed by atoms with Gasteiger partial charge >= 0.3 is 11.7 Å². The summed E-state index contributed by atoms with van der Waals surface area (Å²) in [6.07, 6.45) is 6.84. The molecule has 186 valence electrons. The van der Waals surface area contributed by atoms with Crippen molar-refractivity contribution < 1.29 is 14.5 Å². The molecule has 0 atom stereocenters. The molecule has 0 bridgehead atoms. The van der Waals surface area contributed by atoms with Gasteiger partial charge in [-0.15, -0.1) is 0 Å². The smallest absolute Gasteiger partial charge is 0.353 e. The lowest BCUT2D eigenvalue weighted by Crippen LogP contribution is -2.47. The highest BCUT2D eigenvalue weighted by atomic mass is 16.6. The zero-order chi connectivity index (χ0) is 24.6. The summed E-state index contributed by atoms with van der Waals surface area (Å²) < 4.78 is 5.13. The Morgan fingerprint density at radius 3 is 2.29 bits per heavy atom. The minimum absolute atomic E-state index is 0.0560. The molecule has 1 aromatic carbocycles. The molecule has 0 spiro atoms. The average Bonchev–Trinajstić information content (AvgIpc) is 2.89. The second-order valence-corrected chi connectivity index (χ2v) is 8.74. The Labute approximate surface area is 205 Å². The van der Waals surface area contributed by atoms with E-state index in [1.54, 1.807) is 6.92 Å². The molecule has 0 saturated carbocycles. The Hall–Kier alpha value is -3.53. The normalized spacial score (nSPS) is 17.6. The van der Waals surface area contributed by atoms with Crippen LogP contribution in [0.1, 0.15) is 25.3 Å². The molecule has 0 N–H and O–H groups in total. The van der Waals surface area contributed by atoms with Crippen LogP contribution in [0.15, 0.2) is 42.7 Å². The standard InChI is InChI=1S/C25H32N6O4/c1-2-35-25(32)21-10-13-29(14-11-21)23-22(31(33)34)24(27-19-26-23)30-17-15-28(16-18-30)12-6-9-20-7-4-3-5-8-20/h3-9,19,21H,2,10-18H2,1H3/b9-6-. The van der Waals surface area contributed by atoms with E-state index in [1.807, 2.05) is 28.0 Å². The number of carbonyl (C=O) groups excluding carboxylic acids is 1. The van der Waals surface area contributed by atoms with Crippen LogP contribution in [0.4, 0.5) is 17.3 Å². The van der Waals surface area contributed by atoms with Crippen LogP contribution in [0.5, 0.6) is 0 Å². The Bertz CT molecular complexity index is 1030. The molecule has 0 radical (unpaired) electrons. The van der Waals surface area contributed by atoms with Crippen LogP contribution in [0.3, 0.4) is 0 Å². The lowest BCUT2D eigenvalue weighted by atomic mass is 9.97. The molecule has 4 rings (SSSR count). The Kier molecular flexibility index (Phi) is 8.25. The fraction of sp³-hybridized carbons (Fsp3) is 0.480. The number of nitro groups is 1. The largest absolute Gasteiger partial charge is 0.466 e. The van der Waals surface area contributed by atoms with Crippen molar-refractivity contribution in [3.05, 3.63) is 58.4 Å². The summed E-state index contributed by atoms with van der Waals surface area (Å²) in [7, 11) is 0. The Morgan fingerprint density at radius 1 is 1.06 bits per heavy atom. The molecule has 2 saturated heterocycles. The average molecular weight is 481 g/mol. The van der Waals surface area contributed by atoms with Gasteiger partial charge in [-0.25, -0.2) is 9.97 Å². The van der Waals surface area contributed by atoms with Crippen LogP contribution in [0, 0.1) is 16.0 Å². The van der Waals surface area contributed by atoms with Gasteiger partial charge in [-0.05, 0) is 25.3 Å². The maximum absolute atomic E-state index is 12.1. The first-order valence-electron chi connectivity index (χ1n) is 12.2. The maximum Gasteiger partial charge on any atom is 0.353 e. The lowest BCUT2D eigenvalue weighted by molar-refractivity contribution is -0.383. The van der Waals surface area contributed by atoms with Gasteiger partial charge in [0.2, 0.25) is 11.6 Å². The van der Waals surface area contributed by atoms with Gasteiger partial charge in [0.25, 0.3) is 0 Å². The molecule has 2 aliphatic heterocycles. The molecule has 10 nitrogen and oxygen atoms in total. The van der Waals surface area contributed by atoms with Crippen LogP contribution in [0.25, 0.3) is 6.08 Å². The van der Waals surface area contributed by atoms with E-state index in [2.05, 4.69) is 39.2 Å². The third kappa shape index (κ3) is 6.13. The number of esters is 1. The van der Waals surface area contributed by atoms with Crippen molar-refractivity contribution in [1.29, 1.82) is 0 Å². The molecule has 1 aromatic heterocycles. The maximum atomic E-state index is 12.1. The van der Waals surface area contributed by atoms with E-state index in [-0.39, 0.29) is 22.5 Å². The first-order valence-corrected chi connectivity index (χ1v) is 12.2.